The molecule has 1 saturated heterocycles. The summed E-state index contributed by atoms with van der Waals surface area (Å²) in [5.74, 6) is -3.19. The summed E-state index contributed by atoms with van der Waals surface area (Å²) in [5.41, 5.74) is 3.07. The van der Waals surface area contributed by atoms with E-state index in [-0.39, 0.29) is 12.4 Å². The van der Waals surface area contributed by atoms with Gasteiger partial charge in [-0.15, -0.1) is 12.4 Å². The molecule has 0 saturated carbocycles. The molecule has 4 nitrogen and oxygen atoms in total. The first kappa shape index (κ1) is 21.3. The smallest absolute Gasteiger partial charge is 0.262 e. The SMILES string of the molecule is Cl.O=C(NCc1ccc(COCc2ccccc2)cc1)C1CC(F)(F)CN1. The van der Waals surface area contributed by atoms with Crippen molar-refractivity contribution in [1.29, 1.82) is 0 Å². The number of carbonyl (C=O) groups excluding carboxylic acids is 1. The Balaban J connectivity index is 0.00000261. The van der Waals surface area contributed by atoms with Gasteiger partial charge in [-0.3, -0.25) is 10.1 Å². The summed E-state index contributed by atoms with van der Waals surface area (Å²) in [6.45, 7) is 0.927. The number of nitrogens with one attached hydrogen (secondary N) is 2. The number of hydrogen-bond donors (Lipinski definition) is 2. The lowest BCUT2D eigenvalue weighted by molar-refractivity contribution is -0.123. The van der Waals surface area contributed by atoms with E-state index in [9.17, 15) is 13.6 Å². The fourth-order valence-corrected chi connectivity index (χ4v) is 2.83. The van der Waals surface area contributed by atoms with Gasteiger partial charge in [0.05, 0.1) is 25.8 Å². The monoisotopic (exact) mass is 396 g/mol. The third-order valence-corrected chi connectivity index (χ3v) is 4.30. The number of halogens is 3. The van der Waals surface area contributed by atoms with Crippen molar-refractivity contribution in [3.05, 3.63) is 71.3 Å². The fraction of sp³-hybridized carbons (Fsp3) is 0.350. The molecule has 146 valence electrons. The summed E-state index contributed by atoms with van der Waals surface area (Å²) < 4.78 is 31.9. The van der Waals surface area contributed by atoms with Crippen LogP contribution in [0.4, 0.5) is 8.78 Å². The van der Waals surface area contributed by atoms with Gasteiger partial charge < -0.3 is 10.1 Å². The average Bonchev–Trinajstić information content (AvgIpc) is 3.02. The van der Waals surface area contributed by atoms with Gasteiger partial charge in [0, 0.05) is 13.0 Å². The number of ether oxygens (including phenoxy) is 1. The molecule has 2 aromatic rings. The van der Waals surface area contributed by atoms with Crippen LogP contribution in [0.3, 0.4) is 0 Å². The van der Waals surface area contributed by atoms with Gasteiger partial charge in [-0.05, 0) is 16.7 Å². The molecule has 0 aliphatic carbocycles. The maximum atomic E-state index is 13.1. The quantitative estimate of drug-likeness (QED) is 0.753. The minimum Gasteiger partial charge on any atom is -0.372 e. The van der Waals surface area contributed by atoms with Crippen LogP contribution in [0.25, 0.3) is 0 Å². The van der Waals surface area contributed by atoms with E-state index in [0.29, 0.717) is 19.8 Å². The molecule has 7 heteroatoms. The molecule has 1 unspecified atom stereocenters. The van der Waals surface area contributed by atoms with Crippen LogP contribution in [0.15, 0.2) is 54.6 Å². The average molecular weight is 397 g/mol. The maximum Gasteiger partial charge on any atom is 0.262 e. The first-order chi connectivity index (χ1) is 12.5. The number of carbonyl (C=O) groups is 1. The van der Waals surface area contributed by atoms with Crippen LogP contribution in [-0.2, 0) is 29.3 Å². The van der Waals surface area contributed by atoms with E-state index < -0.39 is 30.8 Å². The zero-order chi connectivity index (χ0) is 18.4. The van der Waals surface area contributed by atoms with Gasteiger partial charge in [-0.2, -0.15) is 0 Å². The van der Waals surface area contributed by atoms with Gasteiger partial charge in [0.2, 0.25) is 5.91 Å². The molecule has 0 bridgehead atoms. The molecule has 0 spiro atoms. The Morgan fingerprint density at radius 2 is 1.63 bits per heavy atom. The van der Waals surface area contributed by atoms with Crippen LogP contribution in [0.2, 0.25) is 0 Å². The zero-order valence-corrected chi connectivity index (χ0v) is 15.6. The zero-order valence-electron chi connectivity index (χ0n) is 14.8. The van der Waals surface area contributed by atoms with Crippen molar-refractivity contribution in [2.45, 2.75) is 38.1 Å². The molecule has 1 heterocycles. The Hall–Kier alpha value is -2.02. The molecule has 1 fully saturated rings. The van der Waals surface area contributed by atoms with Crippen LogP contribution in [-0.4, -0.2) is 24.4 Å². The van der Waals surface area contributed by atoms with Crippen molar-refractivity contribution < 1.29 is 18.3 Å². The molecule has 3 rings (SSSR count). The topological polar surface area (TPSA) is 50.4 Å². The van der Waals surface area contributed by atoms with Crippen molar-refractivity contribution in [3.63, 3.8) is 0 Å². The second-order valence-corrected chi connectivity index (χ2v) is 6.51. The van der Waals surface area contributed by atoms with Gasteiger partial charge in [-0.1, -0.05) is 54.6 Å². The largest absolute Gasteiger partial charge is 0.372 e. The summed E-state index contributed by atoms with van der Waals surface area (Å²) in [7, 11) is 0. The Morgan fingerprint density at radius 3 is 2.22 bits per heavy atom. The first-order valence-electron chi connectivity index (χ1n) is 8.60. The second-order valence-electron chi connectivity index (χ2n) is 6.51. The Morgan fingerprint density at radius 1 is 1.04 bits per heavy atom. The minimum absolute atomic E-state index is 0. The molecule has 1 aliphatic heterocycles. The van der Waals surface area contributed by atoms with Crippen molar-refractivity contribution in [1.82, 2.24) is 10.6 Å². The molecule has 27 heavy (non-hydrogen) atoms. The molecule has 1 atom stereocenters. The predicted octanol–water partition coefficient (Wildman–Crippen LogP) is 3.44. The summed E-state index contributed by atoms with van der Waals surface area (Å²) in [6, 6.07) is 16.8. The third kappa shape index (κ3) is 6.57. The van der Waals surface area contributed by atoms with Crippen molar-refractivity contribution in [3.8, 4) is 0 Å². The van der Waals surface area contributed by atoms with Crippen LogP contribution in [0.5, 0.6) is 0 Å². The van der Waals surface area contributed by atoms with E-state index in [4.69, 9.17) is 4.74 Å². The van der Waals surface area contributed by atoms with E-state index >= 15 is 0 Å². The lowest BCUT2D eigenvalue weighted by atomic mass is 10.1. The molecule has 0 aromatic heterocycles. The van der Waals surface area contributed by atoms with Crippen molar-refractivity contribution in [2.75, 3.05) is 6.54 Å². The second kappa shape index (κ2) is 9.78. The lowest BCUT2D eigenvalue weighted by Gasteiger charge is -2.11. The van der Waals surface area contributed by atoms with Gasteiger partial charge in [0.25, 0.3) is 5.92 Å². The number of alkyl halides is 2. The van der Waals surface area contributed by atoms with Crippen LogP contribution in [0, 0.1) is 0 Å². The normalized spacial score (nSPS) is 17.9. The summed E-state index contributed by atoms with van der Waals surface area (Å²) in [5, 5.41) is 5.25. The molecule has 1 amide bonds. The third-order valence-electron chi connectivity index (χ3n) is 4.30. The minimum atomic E-state index is -2.80. The predicted molar refractivity (Wildman–Crippen MR) is 102 cm³/mol. The highest BCUT2D eigenvalue weighted by molar-refractivity contribution is 5.85. The van der Waals surface area contributed by atoms with Gasteiger partial charge in [0.1, 0.15) is 0 Å². The summed E-state index contributed by atoms with van der Waals surface area (Å²) in [4.78, 5) is 11.9. The van der Waals surface area contributed by atoms with E-state index in [2.05, 4.69) is 10.6 Å². The Labute approximate surface area is 163 Å². The van der Waals surface area contributed by atoms with Gasteiger partial charge >= 0.3 is 0 Å². The molecule has 0 radical (unpaired) electrons. The lowest BCUT2D eigenvalue weighted by Crippen LogP contribution is -2.40. The maximum absolute atomic E-state index is 13.1. The molecular weight excluding hydrogens is 374 g/mol. The molecule has 2 N–H and O–H groups in total. The highest BCUT2D eigenvalue weighted by Crippen LogP contribution is 2.25. The van der Waals surface area contributed by atoms with Crippen LogP contribution >= 0.6 is 12.4 Å². The Bertz CT molecular complexity index is 727. The fourth-order valence-electron chi connectivity index (χ4n) is 2.83. The standard InChI is InChI=1S/C20H22F2N2O2.ClH/c21-20(22)10-18(24-14-20)19(25)23-11-15-6-8-17(9-7-15)13-26-12-16-4-2-1-3-5-16;/h1-9,18,24H,10-14H2,(H,23,25);1H. The van der Waals surface area contributed by atoms with Gasteiger partial charge in [-0.25, -0.2) is 8.78 Å². The van der Waals surface area contributed by atoms with Crippen LogP contribution in [0.1, 0.15) is 23.1 Å². The van der Waals surface area contributed by atoms with Crippen molar-refractivity contribution in [2.24, 2.45) is 0 Å². The summed E-state index contributed by atoms with van der Waals surface area (Å²) in [6.07, 6.45) is -0.448. The van der Waals surface area contributed by atoms with E-state index in [0.717, 1.165) is 16.7 Å². The van der Waals surface area contributed by atoms with Gasteiger partial charge in [0.15, 0.2) is 0 Å². The highest BCUT2D eigenvalue weighted by Gasteiger charge is 2.42. The first-order valence-corrected chi connectivity index (χ1v) is 8.60. The van der Waals surface area contributed by atoms with Crippen molar-refractivity contribution >= 4 is 18.3 Å². The molecular formula is C20H23ClF2N2O2. The van der Waals surface area contributed by atoms with E-state index in [1.807, 2.05) is 54.6 Å². The highest BCUT2D eigenvalue weighted by atomic mass is 35.5. The molecule has 2 aromatic carbocycles. The van der Waals surface area contributed by atoms with Crippen LogP contribution < -0.4 is 10.6 Å². The molecule has 1 aliphatic rings. The Kier molecular flexibility index (Phi) is 7.71. The number of hydrogen-bond acceptors (Lipinski definition) is 3. The number of benzene rings is 2. The summed E-state index contributed by atoms with van der Waals surface area (Å²) >= 11 is 0. The van der Waals surface area contributed by atoms with E-state index in [1.54, 1.807) is 0 Å². The number of amides is 1. The van der Waals surface area contributed by atoms with E-state index in [1.165, 1.54) is 0 Å². The number of rotatable bonds is 7.